The summed E-state index contributed by atoms with van der Waals surface area (Å²) in [6, 6.07) is 10.3. The molecule has 1 fully saturated rings. The molecule has 3 unspecified atom stereocenters. The van der Waals surface area contributed by atoms with Crippen LogP contribution in [0.2, 0.25) is 0 Å². The lowest BCUT2D eigenvalue weighted by molar-refractivity contribution is 0.228. The standard InChI is InChI=1S/C16H26N2O2S/c1-13-11-18(10-9-16(13)17-3)21(19,20)12-14(2)15-7-5-4-6-8-15/h4-8,13-14,16-17H,9-12H2,1-3H3. The molecular formula is C16H26N2O2S. The lowest BCUT2D eigenvalue weighted by Gasteiger charge is -2.36. The van der Waals surface area contributed by atoms with E-state index in [0.717, 1.165) is 12.0 Å². The monoisotopic (exact) mass is 310 g/mol. The van der Waals surface area contributed by atoms with Crippen LogP contribution in [0.1, 0.15) is 31.7 Å². The molecule has 2 rings (SSSR count). The summed E-state index contributed by atoms with van der Waals surface area (Å²) >= 11 is 0. The zero-order valence-electron chi connectivity index (χ0n) is 13.1. The zero-order chi connectivity index (χ0) is 15.5. The molecule has 0 aliphatic carbocycles. The molecule has 1 N–H and O–H groups in total. The lowest BCUT2D eigenvalue weighted by atomic mass is 9.96. The lowest BCUT2D eigenvalue weighted by Crippen LogP contribution is -2.49. The summed E-state index contributed by atoms with van der Waals surface area (Å²) in [5.41, 5.74) is 1.08. The van der Waals surface area contributed by atoms with Crippen molar-refractivity contribution < 1.29 is 8.42 Å². The van der Waals surface area contributed by atoms with Crippen molar-refractivity contribution in [1.82, 2.24) is 9.62 Å². The molecule has 1 aromatic carbocycles. The van der Waals surface area contributed by atoms with Gasteiger partial charge in [-0.05, 0) is 30.9 Å². The van der Waals surface area contributed by atoms with Gasteiger partial charge in [0.2, 0.25) is 10.0 Å². The minimum atomic E-state index is -3.19. The van der Waals surface area contributed by atoms with Gasteiger partial charge >= 0.3 is 0 Å². The highest BCUT2D eigenvalue weighted by Gasteiger charge is 2.32. The van der Waals surface area contributed by atoms with E-state index in [0.29, 0.717) is 25.0 Å². The Kier molecular flexibility index (Phi) is 5.41. The molecular weight excluding hydrogens is 284 g/mol. The van der Waals surface area contributed by atoms with E-state index in [4.69, 9.17) is 0 Å². The number of benzene rings is 1. The van der Waals surface area contributed by atoms with E-state index in [1.807, 2.05) is 44.3 Å². The van der Waals surface area contributed by atoms with Crippen LogP contribution in [-0.2, 0) is 10.0 Å². The highest BCUT2D eigenvalue weighted by atomic mass is 32.2. The smallest absolute Gasteiger partial charge is 0.214 e. The molecule has 1 aromatic rings. The number of hydrogen-bond donors (Lipinski definition) is 1. The van der Waals surface area contributed by atoms with E-state index in [1.165, 1.54) is 0 Å². The summed E-state index contributed by atoms with van der Waals surface area (Å²) in [5.74, 6) is 0.563. The topological polar surface area (TPSA) is 49.4 Å². The number of nitrogens with zero attached hydrogens (tertiary/aromatic N) is 1. The van der Waals surface area contributed by atoms with Crippen LogP contribution in [-0.4, -0.2) is 44.7 Å². The van der Waals surface area contributed by atoms with Crippen molar-refractivity contribution >= 4 is 10.0 Å². The van der Waals surface area contributed by atoms with Crippen LogP contribution in [0, 0.1) is 5.92 Å². The minimum absolute atomic E-state index is 0.0218. The minimum Gasteiger partial charge on any atom is -0.317 e. The fourth-order valence-electron chi connectivity index (χ4n) is 3.09. The van der Waals surface area contributed by atoms with Gasteiger partial charge in [0.15, 0.2) is 0 Å². The second-order valence-corrected chi connectivity index (χ2v) is 8.12. The predicted octanol–water partition coefficient (Wildman–Crippen LogP) is 2.05. The van der Waals surface area contributed by atoms with Crippen LogP contribution in [0.3, 0.4) is 0 Å². The molecule has 0 bridgehead atoms. The Morgan fingerprint density at radius 3 is 2.57 bits per heavy atom. The molecule has 0 spiro atoms. The predicted molar refractivity (Wildman–Crippen MR) is 86.8 cm³/mol. The zero-order valence-corrected chi connectivity index (χ0v) is 13.9. The van der Waals surface area contributed by atoms with Crippen LogP contribution >= 0.6 is 0 Å². The van der Waals surface area contributed by atoms with Gasteiger partial charge in [-0.25, -0.2) is 12.7 Å². The average Bonchev–Trinajstić information content (AvgIpc) is 2.47. The van der Waals surface area contributed by atoms with Crippen molar-refractivity contribution in [2.75, 3.05) is 25.9 Å². The maximum absolute atomic E-state index is 12.6. The van der Waals surface area contributed by atoms with Gasteiger partial charge in [-0.15, -0.1) is 0 Å². The maximum Gasteiger partial charge on any atom is 0.214 e. The molecule has 118 valence electrons. The molecule has 3 atom stereocenters. The molecule has 1 aliphatic rings. The Bertz CT molecular complexity index is 545. The van der Waals surface area contributed by atoms with E-state index in [2.05, 4.69) is 12.2 Å². The summed E-state index contributed by atoms with van der Waals surface area (Å²) in [6.45, 7) is 5.34. The van der Waals surface area contributed by atoms with Gasteiger partial charge in [0.05, 0.1) is 5.75 Å². The maximum atomic E-state index is 12.6. The van der Waals surface area contributed by atoms with Gasteiger partial charge in [0, 0.05) is 19.1 Å². The Balaban J connectivity index is 2.02. The Morgan fingerprint density at radius 1 is 1.33 bits per heavy atom. The quantitative estimate of drug-likeness (QED) is 0.905. The summed E-state index contributed by atoms with van der Waals surface area (Å²) in [4.78, 5) is 0. The number of rotatable bonds is 5. The molecule has 5 heteroatoms. The van der Waals surface area contributed by atoms with Gasteiger partial charge in [-0.2, -0.15) is 0 Å². The number of nitrogens with one attached hydrogen (secondary N) is 1. The Hall–Kier alpha value is -0.910. The molecule has 0 aromatic heterocycles. The third kappa shape index (κ3) is 4.05. The first kappa shape index (κ1) is 16.5. The third-order valence-electron chi connectivity index (χ3n) is 4.46. The third-order valence-corrected chi connectivity index (χ3v) is 6.50. The van der Waals surface area contributed by atoms with Gasteiger partial charge in [0.25, 0.3) is 0 Å². The first-order valence-electron chi connectivity index (χ1n) is 7.64. The van der Waals surface area contributed by atoms with Crippen molar-refractivity contribution in [2.45, 2.75) is 32.2 Å². The highest BCUT2D eigenvalue weighted by molar-refractivity contribution is 7.89. The molecule has 1 saturated heterocycles. The highest BCUT2D eigenvalue weighted by Crippen LogP contribution is 2.23. The van der Waals surface area contributed by atoms with Crippen LogP contribution in [0.5, 0.6) is 0 Å². The molecule has 21 heavy (non-hydrogen) atoms. The molecule has 1 heterocycles. The normalized spacial score (nSPS) is 25.7. The van der Waals surface area contributed by atoms with Crippen LogP contribution in [0.4, 0.5) is 0 Å². The van der Waals surface area contributed by atoms with Crippen LogP contribution < -0.4 is 5.32 Å². The largest absolute Gasteiger partial charge is 0.317 e. The van der Waals surface area contributed by atoms with Crippen molar-refractivity contribution in [3.8, 4) is 0 Å². The van der Waals surface area contributed by atoms with Gasteiger partial charge in [-0.3, -0.25) is 0 Å². The van der Waals surface area contributed by atoms with E-state index >= 15 is 0 Å². The summed E-state index contributed by atoms with van der Waals surface area (Å²) in [6.07, 6.45) is 0.886. The van der Waals surface area contributed by atoms with Crippen molar-refractivity contribution in [1.29, 1.82) is 0 Å². The van der Waals surface area contributed by atoms with E-state index in [-0.39, 0.29) is 11.7 Å². The fraction of sp³-hybridized carbons (Fsp3) is 0.625. The molecule has 0 saturated carbocycles. The number of piperidine rings is 1. The van der Waals surface area contributed by atoms with Crippen molar-refractivity contribution in [3.63, 3.8) is 0 Å². The first-order valence-corrected chi connectivity index (χ1v) is 9.25. The van der Waals surface area contributed by atoms with Gasteiger partial charge < -0.3 is 5.32 Å². The van der Waals surface area contributed by atoms with E-state index < -0.39 is 10.0 Å². The Morgan fingerprint density at radius 2 is 2.00 bits per heavy atom. The average molecular weight is 310 g/mol. The SMILES string of the molecule is CNC1CCN(S(=O)(=O)CC(C)c2ccccc2)CC1C. The second-order valence-electron chi connectivity index (χ2n) is 6.11. The van der Waals surface area contributed by atoms with Gasteiger partial charge in [-0.1, -0.05) is 44.2 Å². The molecule has 0 radical (unpaired) electrons. The summed E-state index contributed by atoms with van der Waals surface area (Å²) in [7, 11) is -1.24. The molecule has 1 aliphatic heterocycles. The van der Waals surface area contributed by atoms with Crippen LogP contribution in [0.25, 0.3) is 0 Å². The van der Waals surface area contributed by atoms with Crippen LogP contribution in [0.15, 0.2) is 30.3 Å². The second kappa shape index (κ2) is 6.90. The Labute approximate surface area is 128 Å². The number of sulfonamides is 1. The summed E-state index contributed by atoms with van der Waals surface area (Å²) in [5, 5.41) is 3.27. The van der Waals surface area contributed by atoms with Crippen molar-refractivity contribution in [2.24, 2.45) is 5.92 Å². The van der Waals surface area contributed by atoms with E-state index in [9.17, 15) is 8.42 Å². The fourth-order valence-corrected chi connectivity index (χ4v) is 4.97. The number of hydrogen-bond acceptors (Lipinski definition) is 3. The van der Waals surface area contributed by atoms with Gasteiger partial charge in [0.1, 0.15) is 0 Å². The van der Waals surface area contributed by atoms with Crippen molar-refractivity contribution in [3.05, 3.63) is 35.9 Å². The molecule has 0 amide bonds. The summed E-state index contributed by atoms with van der Waals surface area (Å²) < 4.78 is 26.9. The molecule has 4 nitrogen and oxygen atoms in total. The first-order chi connectivity index (χ1) is 9.94. The van der Waals surface area contributed by atoms with E-state index in [1.54, 1.807) is 4.31 Å².